The second-order valence-electron chi connectivity index (χ2n) is 3.66. The molecule has 0 saturated carbocycles. The average Bonchev–Trinajstić information content (AvgIpc) is 2.42. The molecule has 0 aliphatic heterocycles. The maximum absolute atomic E-state index is 10.2. The SMILES string of the molecule is COc1ccccc1Cc1ccc(NC=O)nn1. The molecule has 5 heteroatoms. The number of nitrogens with one attached hydrogen (secondary N) is 1. The van der Waals surface area contributed by atoms with Gasteiger partial charge in [-0.05, 0) is 18.2 Å². The highest BCUT2D eigenvalue weighted by molar-refractivity contribution is 5.68. The van der Waals surface area contributed by atoms with Crippen molar-refractivity contribution < 1.29 is 9.53 Å². The van der Waals surface area contributed by atoms with E-state index < -0.39 is 0 Å². The van der Waals surface area contributed by atoms with Crippen LogP contribution in [0, 0.1) is 0 Å². The molecule has 1 aromatic heterocycles. The predicted octanol–water partition coefficient (Wildman–Crippen LogP) is 1.64. The van der Waals surface area contributed by atoms with Crippen molar-refractivity contribution in [2.24, 2.45) is 0 Å². The van der Waals surface area contributed by atoms with E-state index in [2.05, 4.69) is 15.5 Å². The summed E-state index contributed by atoms with van der Waals surface area (Å²) < 4.78 is 5.27. The van der Waals surface area contributed by atoms with E-state index in [0.29, 0.717) is 18.6 Å². The van der Waals surface area contributed by atoms with Crippen LogP contribution in [0.5, 0.6) is 5.75 Å². The van der Waals surface area contributed by atoms with E-state index in [0.717, 1.165) is 17.0 Å². The summed E-state index contributed by atoms with van der Waals surface area (Å²) in [6.07, 6.45) is 1.21. The molecule has 0 aliphatic rings. The number of hydrogen-bond donors (Lipinski definition) is 1. The first-order valence-electron chi connectivity index (χ1n) is 5.48. The van der Waals surface area contributed by atoms with Crippen molar-refractivity contribution in [1.29, 1.82) is 0 Å². The summed E-state index contributed by atoms with van der Waals surface area (Å²) in [4.78, 5) is 10.2. The van der Waals surface area contributed by atoms with Gasteiger partial charge in [-0.2, -0.15) is 5.10 Å². The number of rotatable bonds is 5. The maximum Gasteiger partial charge on any atom is 0.212 e. The molecule has 0 atom stereocenters. The number of para-hydroxylation sites is 1. The van der Waals surface area contributed by atoms with Gasteiger partial charge in [-0.3, -0.25) is 4.79 Å². The van der Waals surface area contributed by atoms with Gasteiger partial charge in [-0.15, -0.1) is 5.10 Å². The number of carbonyl (C=O) groups excluding carboxylic acids is 1. The number of methoxy groups -OCH3 is 1. The van der Waals surface area contributed by atoms with Crippen molar-refractivity contribution in [3.63, 3.8) is 0 Å². The summed E-state index contributed by atoms with van der Waals surface area (Å²) in [5, 5.41) is 10.4. The van der Waals surface area contributed by atoms with E-state index in [4.69, 9.17) is 4.74 Å². The number of anilines is 1. The number of ether oxygens (including phenoxy) is 1. The van der Waals surface area contributed by atoms with Gasteiger partial charge in [-0.1, -0.05) is 18.2 Å². The lowest BCUT2D eigenvalue weighted by Gasteiger charge is -2.07. The number of benzene rings is 1. The molecule has 0 spiro atoms. The Balaban J connectivity index is 2.15. The Bertz CT molecular complexity index is 526. The monoisotopic (exact) mass is 243 g/mol. The minimum Gasteiger partial charge on any atom is -0.496 e. The number of hydrogen-bond acceptors (Lipinski definition) is 4. The molecule has 0 aliphatic carbocycles. The minimum absolute atomic E-state index is 0.439. The molecule has 5 nitrogen and oxygen atoms in total. The molecular weight excluding hydrogens is 230 g/mol. The highest BCUT2D eigenvalue weighted by atomic mass is 16.5. The van der Waals surface area contributed by atoms with Crippen LogP contribution in [0.4, 0.5) is 5.82 Å². The topological polar surface area (TPSA) is 64.1 Å². The maximum atomic E-state index is 10.2. The molecule has 1 N–H and O–H groups in total. The van der Waals surface area contributed by atoms with Crippen LogP contribution in [0.2, 0.25) is 0 Å². The summed E-state index contributed by atoms with van der Waals surface area (Å²) in [5.41, 5.74) is 1.86. The van der Waals surface area contributed by atoms with Gasteiger partial charge in [0.05, 0.1) is 12.8 Å². The third-order valence-electron chi connectivity index (χ3n) is 2.49. The van der Waals surface area contributed by atoms with Gasteiger partial charge in [0.25, 0.3) is 0 Å². The lowest BCUT2D eigenvalue weighted by molar-refractivity contribution is -0.105. The minimum atomic E-state index is 0.439. The summed E-state index contributed by atoms with van der Waals surface area (Å²) in [6, 6.07) is 11.3. The molecule has 1 amide bonds. The summed E-state index contributed by atoms with van der Waals surface area (Å²) in [6.45, 7) is 0. The molecular formula is C13H13N3O2. The Morgan fingerprint density at radius 1 is 1.22 bits per heavy atom. The zero-order valence-corrected chi connectivity index (χ0v) is 9.96. The fraction of sp³-hybridized carbons (Fsp3) is 0.154. The number of amides is 1. The third kappa shape index (κ3) is 2.82. The molecule has 2 aromatic rings. The molecule has 1 aromatic carbocycles. The van der Waals surface area contributed by atoms with Crippen molar-refractivity contribution >= 4 is 12.2 Å². The highest BCUT2D eigenvalue weighted by Crippen LogP contribution is 2.20. The Morgan fingerprint density at radius 3 is 2.72 bits per heavy atom. The lowest BCUT2D eigenvalue weighted by atomic mass is 10.1. The largest absolute Gasteiger partial charge is 0.496 e. The zero-order valence-electron chi connectivity index (χ0n) is 9.96. The Labute approximate surface area is 105 Å². The van der Waals surface area contributed by atoms with E-state index in [9.17, 15) is 4.79 Å². The normalized spacial score (nSPS) is 9.83. The number of nitrogens with zero attached hydrogens (tertiary/aromatic N) is 2. The second-order valence-corrected chi connectivity index (χ2v) is 3.66. The van der Waals surface area contributed by atoms with Crippen LogP contribution in [0.25, 0.3) is 0 Å². The quantitative estimate of drug-likeness (QED) is 0.811. The third-order valence-corrected chi connectivity index (χ3v) is 2.49. The molecule has 18 heavy (non-hydrogen) atoms. The van der Waals surface area contributed by atoms with Crippen LogP contribution in [-0.2, 0) is 11.2 Å². The van der Waals surface area contributed by atoms with Gasteiger partial charge in [0.15, 0.2) is 5.82 Å². The van der Waals surface area contributed by atoms with Gasteiger partial charge >= 0.3 is 0 Å². The van der Waals surface area contributed by atoms with E-state index in [1.54, 1.807) is 13.2 Å². The van der Waals surface area contributed by atoms with Crippen molar-refractivity contribution in [2.75, 3.05) is 12.4 Å². The van der Waals surface area contributed by atoms with Crippen molar-refractivity contribution in [3.05, 3.63) is 47.7 Å². The fourth-order valence-electron chi connectivity index (χ4n) is 1.64. The van der Waals surface area contributed by atoms with Crippen LogP contribution in [-0.4, -0.2) is 23.7 Å². The molecule has 92 valence electrons. The summed E-state index contributed by atoms with van der Waals surface area (Å²) in [7, 11) is 1.64. The van der Waals surface area contributed by atoms with Crippen molar-refractivity contribution in [2.45, 2.75) is 6.42 Å². The van der Waals surface area contributed by atoms with E-state index in [-0.39, 0.29) is 0 Å². The Morgan fingerprint density at radius 2 is 2.06 bits per heavy atom. The molecule has 0 saturated heterocycles. The van der Waals surface area contributed by atoms with E-state index in [1.807, 2.05) is 30.3 Å². The summed E-state index contributed by atoms with van der Waals surface area (Å²) in [5.74, 6) is 1.27. The predicted molar refractivity (Wildman–Crippen MR) is 67.5 cm³/mol. The molecule has 0 bridgehead atoms. The van der Waals surface area contributed by atoms with Crippen LogP contribution >= 0.6 is 0 Å². The fourth-order valence-corrected chi connectivity index (χ4v) is 1.64. The Hall–Kier alpha value is -2.43. The first-order valence-corrected chi connectivity index (χ1v) is 5.48. The zero-order chi connectivity index (χ0) is 12.8. The van der Waals surface area contributed by atoms with Gasteiger partial charge < -0.3 is 10.1 Å². The van der Waals surface area contributed by atoms with Crippen LogP contribution in [0.15, 0.2) is 36.4 Å². The average molecular weight is 243 g/mol. The van der Waals surface area contributed by atoms with E-state index in [1.165, 1.54) is 0 Å². The van der Waals surface area contributed by atoms with Crippen LogP contribution in [0.1, 0.15) is 11.3 Å². The Kier molecular flexibility index (Phi) is 3.86. The highest BCUT2D eigenvalue weighted by Gasteiger charge is 2.04. The lowest BCUT2D eigenvalue weighted by Crippen LogP contribution is -2.01. The smallest absolute Gasteiger partial charge is 0.212 e. The van der Waals surface area contributed by atoms with Gasteiger partial charge in [0.1, 0.15) is 5.75 Å². The number of aromatic nitrogens is 2. The van der Waals surface area contributed by atoms with Crippen molar-refractivity contribution in [1.82, 2.24) is 10.2 Å². The molecule has 0 fully saturated rings. The van der Waals surface area contributed by atoms with Crippen LogP contribution < -0.4 is 10.1 Å². The van der Waals surface area contributed by atoms with E-state index >= 15 is 0 Å². The van der Waals surface area contributed by atoms with Gasteiger partial charge in [-0.25, -0.2) is 0 Å². The first-order chi connectivity index (χ1) is 8.83. The molecule has 2 rings (SSSR count). The van der Waals surface area contributed by atoms with Crippen molar-refractivity contribution in [3.8, 4) is 5.75 Å². The van der Waals surface area contributed by atoms with Gasteiger partial charge in [0, 0.05) is 12.0 Å². The molecule has 1 heterocycles. The molecule has 0 radical (unpaired) electrons. The molecule has 0 unspecified atom stereocenters. The van der Waals surface area contributed by atoms with Crippen LogP contribution in [0.3, 0.4) is 0 Å². The summed E-state index contributed by atoms with van der Waals surface area (Å²) >= 11 is 0. The van der Waals surface area contributed by atoms with Gasteiger partial charge in [0.2, 0.25) is 6.41 Å². The second kappa shape index (κ2) is 5.77. The standard InChI is InChI=1S/C13H13N3O2/c1-18-12-5-3-2-4-10(12)8-11-6-7-13(14-9-17)16-15-11/h2-7,9H,8H2,1H3,(H,14,16,17). The number of carbonyl (C=O) groups is 1. The first kappa shape index (κ1) is 12.0.